The summed E-state index contributed by atoms with van der Waals surface area (Å²) in [7, 11) is 4.25. The zero-order valence-corrected chi connectivity index (χ0v) is 13.6. The van der Waals surface area contributed by atoms with Gasteiger partial charge in [0.1, 0.15) is 17.1 Å². The van der Waals surface area contributed by atoms with Gasteiger partial charge in [-0.2, -0.15) is 0 Å². The number of hydrogen-bond donors (Lipinski definition) is 2. The Bertz CT molecular complexity index is 779. The predicted octanol–water partition coefficient (Wildman–Crippen LogP) is 3.07. The number of carbonyl (C=O) groups excluding carboxylic acids is 1. The van der Waals surface area contributed by atoms with Gasteiger partial charge in [-0.3, -0.25) is 0 Å². The second kappa shape index (κ2) is 7.41. The van der Waals surface area contributed by atoms with Crippen molar-refractivity contribution < 1.29 is 29.2 Å². The third kappa shape index (κ3) is 3.60. The molecule has 2 rings (SSSR count). The summed E-state index contributed by atoms with van der Waals surface area (Å²) in [5.41, 5.74) is 1.44. The van der Waals surface area contributed by atoms with Crippen LogP contribution in [0.5, 0.6) is 23.0 Å². The van der Waals surface area contributed by atoms with E-state index in [9.17, 15) is 15.0 Å². The molecule has 6 heteroatoms. The second-order valence-electron chi connectivity index (χ2n) is 4.87. The lowest BCUT2D eigenvalue weighted by atomic mass is 10.0. The molecular weight excluding hydrogens is 312 g/mol. The van der Waals surface area contributed by atoms with Gasteiger partial charge < -0.3 is 24.4 Å². The molecule has 0 unspecified atom stereocenters. The molecule has 0 saturated heterocycles. The number of ether oxygens (including phenoxy) is 3. The van der Waals surface area contributed by atoms with Crippen LogP contribution >= 0.6 is 0 Å². The van der Waals surface area contributed by atoms with Gasteiger partial charge in [-0.15, -0.1) is 0 Å². The first-order valence-corrected chi connectivity index (χ1v) is 7.04. The van der Waals surface area contributed by atoms with E-state index in [4.69, 9.17) is 14.2 Å². The van der Waals surface area contributed by atoms with Crippen LogP contribution in [0.4, 0.5) is 0 Å². The Morgan fingerprint density at radius 1 is 0.958 bits per heavy atom. The summed E-state index contributed by atoms with van der Waals surface area (Å²) in [5, 5.41) is 18.9. The molecule has 2 aromatic rings. The number of phenols is 2. The summed E-state index contributed by atoms with van der Waals surface area (Å²) >= 11 is 0. The Hall–Kier alpha value is -3.15. The van der Waals surface area contributed by atoms with Crippen LogP contribution in [0.1, 0.15) is 21.5 Å². The first-order chi connectivity index (χ1) is 11.5. The summed E-state index contributed by atoms with van der Waals surface area (Å²) in [6.07, 6.45) is 3.35. The molecule has 0 radical (unpaired) electrons. The highest BCUT2D eigenvalue weighted by Gasteiger charge is 2.18. The van der Waals surface area contributed by atoms with Crippen molar-refractivity contribution in [1.82, 2.24) is 0 Å². The predicted molar refractivity (Wildman–Crippen MR) is 89.6 cm³/mol. The quantitative estimate of drug-likeness (QED) is 0.498. The molecular formula is C18H18O6. The zero-order chi connectivity index (χ0) is 17.7. The molecule has 0 aliphatic carbocycles. The lowest BCUT2D eigenvalue weighted by Gasteiger charge is -2.12. The average Bonchev–Trinajstić information content (AvgIpc) is 2.61. The largest absolute Gasteiger partial charge is 0.504 e. The first kappa shape index (κ1) is 17.2. The number of hydrogen-bond acceptors (Lipinski definition) is 6. The van der Waals surface area contributed by atoms with Crippen LogP contribution in [0.25, 0.3) is 12.2 Å². The highest BCUT2D eigenvalue weighted by atomic mass is 16.5. The van der Waals surface area contributed by atoms with E-state index in [1.807, 2.05) is 0 Å². The molecule has 0 aliphatic rings. The van der Waals surface area contributed by atoms with Crippen LogP contribution < -0.4 is 9.47 Å². The maximum atomic E-state index is 12.1. The van der Waals surface area contributed by atoms with Gasteiger partial charge in [0.05, 0.1) is 21.3 Å². The summed E-state index contributed by atoms with van der Waals surface area (Å²) in [4.78, 5) is 12.1. The normalized spacial score (nSPS) is 10.6. The maximum Gasteiger partial charge on any atom is 0.342 e. The van der Waals surface area contributed by atoms with Crippen molar-refractivity contribution in [3.63, 3.8) is 0 Å². The van der Waals surface area contributed by atoms with Gasteiger partial charge in [0, 0.05) is 6.07 Å². The second-order valence-corrected chi connectivity index (χ2v) is 4.87. The van der Waals surface area contributed by atoms with Gasteiger partial charge >= 0.3 is 5.97 Å². The molecule has 0 spiro atoms. The van der Waals surface area contributed by atoms with Crippen molar-refractivity contribution >= 4 is 18.1 Å². The molecule has 126 valence electrons. The van der Waals surface area contributed by atoms with Gasteiger partial charge in [0.15, 0.2) is 11.5 Å². The van der Waals surface area contributed by atoms with E-state index in [0.29, 0.717) is 22.6 Å². The van der Waals surface area contributed by atoms with E-state index in [1.165, 1.54) is 33.5 Å². The van der Waals surface area contributed by atoms with E-state index in [1.54, 1.807) is 30.4 Å². The molecule has 0 bridgehead atoms. The Labute approximate surface area is 139 Å². The standard InChI is InChI=1S/C18H18O6/c1-22-13-9-12(17(18(21)24-3)16(10-13)23-2)6-4-11-5-7-14(19)15(20)8-11/h4-10,19-20H,1-3H3/b6-4-. The lowest BCUT2D eigenvalue weighted by Crippen LogP contribution is -2.07. The fourth-order valence-electron chi connectivity index (χ4n) is 2.17. The number of rotatable bonds is 5. The molecule has 0 aliphatic heterocycles. The zero-order valence-electron chi connectivity index (χ0n) is 13.6. The average molecular weight is 330 g/mol. The lowest BCUT2D eigenvalue weighted by molar-refractivity contribution is 0.0597. The van der Waals surface area contributed by atoms with Crippen molar-refractivity contribution in [1.29, 1.82) is 0 Å². The van der Waals surface area contributed by atoms with E-state index in [0.717, 1.165) is 0 Å². The Kier molecular flexibility index (Phi) is 5.31. The topological polar surface area (TPSA) is 85.2 Å². The molecule has 6 nitrogen and oxygen atoms in total. The molecule has 0 heterocycles. The fourth-order valence-corrected chi connectivity index (χ4v) is 2.17. The summed E-state index contributed by atoms with van der Waals surface area (Å²) in [6.45, 7) is 0. The van der Waals surface area contributed by atoms with E-state index in [-0.39, 0.29) is 17.1 Å². The third-order valence-electron chi connectivity index (χ3n) is 3.41. The van der Waals surface area contributed by atoms with Crippen molar-refractivity contribution in [3.8, 4) is 23.0 Å². The van der Waals surface area contributed by atoms with Crippen molar-refractivity contribution in [2.24, 2.45) is 0 Å². The number of esters is 1. The number of carbonyl (C=O) groups is 1. The van der Waals surface area contributed by atoms with Gasteiger partial charge in [-0.05, 0) is 29.3 Å². The van der Waals surface area contributed by atoms with Gasteiger partial charge in [0.25, 0.3) is 0 Å². The molecule has 0 fully saturated rings. The highest BCUT2D eigenvalue weighted by molar-refractivity contribution is 5.98. The van der Waals surface area contributed by atoms with Crippen molar-refractivity contribution in [2.45, 2.75) is 0 Å². The van der Waals surface area contributed by atoms with Crippen molar-refractivity contribution in [2.75, 3.05) is 21.3 Å². The molecule has 0 saturated carbocycles. The van der Waals surface area contributed by atoms with Crippen LogP contribution in [0.3, 0.4) is 0 Å². The van der Waals surface area contributed by atoms with Crippen LogP contribution in [0.15, 0.2) is 30.3 Å². The van der Waals surface area contributed by atoms with Crippen LogP contribution in [0.2, 0.25) is 0 Å². The van der Waals surface area contributed by atoms with Gasteiger partial charge in [0.2, 0.25) is 0 Å². The van der Waals surface area contributed by atoms with E-state index in [2.05, 4.69) is 0 Å². The maximum absolute atomic E-state index is 12.1. The fraction of sp³-hybridized carbons (Fsp3) is 0.167. The van der Waals surface area contributed by atoms with Crippen LogP contribution in [-0.2, 0) is 4.74 Å². The SMILES string of the molecule is COC(=O)c1c(/C=C\c2ccc(O)c(O)c2)cc(OC)cc1OC. The number of benzene rings is 2. The minimum Gasteiger partial charge on any atom is -0.504 e. The van der Waals surface area contributed by atoms with Crippen molar-refractivity contribution in [3.05, 3.63) is 47.0 Å². The van der Waals surface area contributed by atoms with Crippen LogP contribution in [-0.4, -0.2) is 37.5 Å². The van der Waals surface area contributed by atoms with Crippen LogP contribution in [0, 0.1) is 0 Å². The minimum absolute atomic E-state index is 0.203. The van der Waals surface area contributed by atoms with Gasteiger partial charge in [-0.25, -0.2) is 4.79 Å². The smallest absolute Gasteiger partial charge is 0.342 e. The Balaban J connectivity index is 2.52. The number of methoxy groups -OCH3 is 3. The Morgan fingerprint density at radius 2 is 1.71 bits per heavy atom. The first-order valence-electron chi connectivity index (χ1n) is 7.04. The monoisotopic (exact) mass is 330 g/mol. The molecule has 0 aromatic heterocycles. The molecule has 0 amide bonds. The number of aromatic hydroxyl groups is 2. The summed E-state index contributed by atoms with van der Waals surface area (Å²) < 4.78 is 15.3. The molecule has 24 heavy (non-hydrogen) atoms. The van der Waals surface area contributed by atoms with E-state index >= 15 is 0 Å². The molecule has 2 aromatic carbocycles. The third-order valence-corrected chi connectivity index (χ3v) is 3.41. The summed E-state index contributed by atoms with van der Waals surface area (Å²) in [6, 6.07) is 7.67. The number of phenolic OH excluding ortho intramolecular Hbond substituents is 2. The minimum atomic E-state index is -0.539. The molecule has 2 N–H and O–H groups in total. The molecule has 0 atom stereocenters. The van der Waals surface area contributed by atoms with Gasteiger partial charge in [-0.1, -0.05) is 18.2 Å². The highest BCUT2D eigenvalue weighted by Crippen LogP contribution is 2.31. The summed E-state index contributed by atoms with van der Waals surface area (Å²) in [5.74, 6) is -0.121. The Morgan fingerprint density at radius 3 is 2.29 bits per heavy atom. The van der Waals surface area contributed by atoms with E-state index < -0.39 is 5.97 Å².